The Hall–Kier alpha value is -0.470. The molecular weight excluding hydrogens is 294 g/mol. The van der Waals surface area contributed by atoms with Crippen molar-refractivity contribution < 1.29 is 8.42 Å². The lowest BCUT2D eigenvalue weighted by Crippen LogP contribution is -2.50. The molecule has 0 saturated carbocycles. The summed E-state index contributed by atoms with van der Waals surface area (Å²) in [5, 5.41) is 0. The number of sulfonamides is 1. The minimum absolute atomic E-state index is 0.196. The molecule has 1 atom stereocenters. The van der Waals surface area contributed by atoms with E-state index in [1.807, 2.05) is 0 Å². The van der Waals surface area contributed by atoms with Gasteiger partial charge in [-0.25, -0.2) is 8.42 Å². The molecule has 0 spiro atoms. The van der Waals surface area contributed by atoms with Gasteiger partial charge in [0.2, 0.25) is 10.0 Å². The average molecular weight is 317 g/mol. The normalized spacial score (nSPS) is 20.2. The van der Waals surface area contributed by atoms with Crippen molar-refractivity contribution in [3.63, 3.8) is 0 Å². The molecule has 20 heavy (non-hydrogen) atoms. The SMILES string of the molecule is Cc1cc(C(CN)N2CCN(S(C)(=O)=O)CC2)c(C)s1. The quantitative estimate of drug-likeness (QED) is 0.897. The summed E-state index contributed by atoms with van der Waals surface area (Å²) >= 11 is 1.79. The maximum absolute atomic E-state index is 11.5. The van der Waals surface area contributed by atoms with Gasteiger partial charge in [0.05, 0.1) is 6.26 Å². The van der Waals surface area contributed by atoms with E-state index in [-0.39, 0.29) is 6.04 Å². The summed E-state index contributed by atoms with van der Waals surface area (Å²) in [5.74, 6) is 0. The van der Waals surface area contributed by atoms with Crippen LogP contribution in [0.5, 0.6) is 0 Å². The van der Waals surface area contributed by atoms with Crippen LogP contribution < -0.4 is 5.73 Å². The maximum Gasteiger partial charge on any atom is 0.211 e. The second kappa shape index (κ2) is 6.11. The highest BCUT2D eigenvalue weighted by atomic mass is 32.2. The number of nitrogens with zero attached hydrogens (tertiary/aromatic N) is 2. The molecular formula is C13H23N3O2S2. The number of piperazine rings is 1. The minimum Gasteiger partial charge on any atom is -0.329 e. The molecule has 0 amide bonds. The maximum atomic E-state index is 11.5. The van der Waals surface area contributed by atoms with Gasteiger partial charge in [-0.1, -0.05) is 0 Å². The van der Waals surface area contributed by atoms with Crippen molar-refractivity contribution in [3.8, 4) is 0 Å². The molecule has 1 aromatic heterocycles. The zero-order chi connectivity index (χ0) is 14.9. The highest BCUT2D eigenvalue weighted by Gasteiger charge is 2.28. The van der Waals surface area contributed by atoms with Crippen LogP contribution in [-0.2, 0) is 10.0 Å². The van der Waals surface area contributed by atoms with E-state index in [0.29, 0.717) is 19.6 Å². The van der Waals surface area contributed by atoms with Gasteiger partial charge in [0, 0.05) is 48.5 Å². The summed E-state index contributed by atoms with van der Waals surface area (Å²) in [4.78, 5) is 4.91. The Kier molecular flexibility index (Phi) is 4.86. The molecule has 5 nitrogen and oxygen atoms in total. The molecule has 1 aromatic rings. The van der Waals surface area contributed by atoms with Gasteiger partial charge in [-0.2, -0.15) is 4.31 Å². The van der Waals surface area contributed by atoms with Gasteiger partial charge < -0.3 is 5.73 Å². The van der Waals surface area contributed by atoms with Gasteiger partial charge in [0.25, 0.3) is 0 Å². The van der Waals surface area contributed by atoms with Crippen molar-refractivity contribution in [2.24, 2.45) is 5.73 Å². The Morgan fingerprint density at radius 3 is 2.30 bits per heavy atom. The predicted octanol–water partition coefficient (Wildman–Crippen LogP) is 0.942. The fourth-order valence-electron chi connectivity index (χ4n) is 2.80. The molecule has 0 aliphatic carbocycles. The molecule has 1 aliphatic rings. The molecule has 0 bridgehead atoms. The third kappa shape index (κ3) is 3.40. The molecule has 1 fully saturated rings. The predicted molar refractivity (Wildman–Crippen MR) is 83.6 cm³/mol. The van der Waals surface area contributed by atoms with Crippen molar-refractivity contribution >= 4 is 21.4 Å². The first-order valence-corrected chi connectivity index (χ1v) is 9.45. The number of hydrogen-bond donors (Lipinski definition) is 1. The lowest BCUT2D eigenvalue weighted by atomic mass is 10.1. The Morgan fingerprint density at radius 1 is 1.30 bits per heavy atom. The molecule has 1 aliphatic heterocycles. The molecule has 1 unspecified atom stereocenters. The Labute approximate surface area is 125 Å². The molecule has 2 rings (SSSR count). The van der Waals surface area contributed by atoms with Crippen molar-refractivity contribution in [3.05, 3.63) is 21.4 Å². The van der Waals surface area contributed by atoms with Crippen LogP contribution >= 0.6 is 11.3 Å². The third-order valence-corrected chi connectivity index (χ3v) is 6.13. The first-order chi connectivity index (χ1) is 9.32. The van der Waals surface area contributed by atoms with Crippen LogP contribution in [0.3, 0.4) is 0 Å². The fraction of sp³-hybridized carbons (Fsp3) is 0.692. The van der Waals surface area contributed by atoms with Crippen LogP contribution in [0.25, 0.3) is 0 Å². The van der Waals surface area contributed by atoms with Crippen molar-refractivity contribution in [1.82, 2.24) is 9.21 Å². The number of thiophene rings is 1. The Balaban J connectivity index is 2.10. The molecule has 2 N–H and O–H groups in total. The standard InChI is InChI=1S/C13H23N3O2S2/c1-10-8-12(11(2)19-10)13(9-14)15-4-6-16(7-5-15)20(3,17)18/h8,13H,4-7,9,14H2,1-3H3. The smallest absolute Gasteiger partial charge is 0.211 e. The summed E-state index contributed by atoms with van der Waals surface area (Å²) in [7, 11) is -3.07. The molecule has 114 valence electrons. The van der Waals surface area contributed by atoms with Crippen LogP contribution in [0.4, 0.5) is 0 Å². The number of hydrogen-bond acceptors (Lipinski definition) is 5. The third-order valence-electron chi connectivity index (χ3n) is 3.84. The monoisotopic (exact) mass is 317 g/mol. The van der Waals surface area contributed by atoms with Crippen molar-refractivity contribution in [2.45, 2.75) is 19.9 Å². The highest BCUT2D eigenvalue weighted by molar-refractivity contribution is 7.88. The molecule has 2 heterocycles. The number of nitrogens with two attached hydrogens (primary N) is 1. The summed E-state index contributed by atoms with van der Waals surface area (Å²) in [6.07, 6.45) is 1.27. The first kappa shape index (κ1) is 15.9. The van der Waals surface area contributed by atoms with Crippen LogP contribution in [-0.4, -0.2) is 56.6 Å². The lowest BCUT2D eigenvalue weighted by Gasteiger charge is -2.38. The van der Waals surface area contributed by atoms with E-state index in [1.54, 1.807) is 15.6 Å². The summed E-state index contributed by atoms with van der Waals surface area (Å²) in [6.45, 7) is 7.39. The lowest BCUT2D eigenvalue weighted by molar-refractivity contribution is 0.140. The van der Waals surface area contributed by atoms with E-state index in [0.717, 1.165) is 13.1 Å². The van der Waals surface area contributed by atoms with E-state index in [4.69, 9.17) is 5.73 Å². The van der Waals surface area contributed by atoms with Crippen molar-refractivity contribution in [2.75, 3.05) is 39.0 Å². The largest absolute Gasteiger partial charge is 0.329 e. The van der Waals surface area contributed by atoms with Crippen molar-refractivity contribution in [1.29, 1.82) is 0 Å². The van der Waals surface area contributed by atoms with Crippen LogP contribution in [0.15, 0.2) is 6.07 Å². The van der Waals surface area contributed by atoms with Crippen LogP contribution in [0.2, 0.25) is 0 Å². The second-order valence-corrected chi connectivity index (χ2v) is 8.76. The fourth-order valence-corrected chi connectivity index (χ4v) is 4.61. The van der Waals surface area contributed by atoms with Gasteiger partial charge in [-0.3, -0.25) is 4.90 Å². The molecule has 7 heteroatoms. The van der Waals surface area contributed by atoms with E-state index in [9.17, 15) is 8.42 Å². The van der Waals surface area contributed by atoms with E-state index in [2.05, 4.69) is 24.8 Å². The van der Waals surface area contributed by atoms with Crippen LogP contribution in [0, 0.1) is 13.8 Å². The average Bonchev–Trinajstić information content (AvgIpc) is 2.69. The van der Waals surface area contributed by atoms with Gasteiger partial charge >= 0.3 is 0 Å². The number of rotatable bonds is 4. The topological polar surface area (TPSA) is 66.6 Å². The zero-order valence-corrected chi connectivity index (χ0v) is 13.9. The van der Waals surface area contributed by atoms with E-state index in [1.165, 1.54) is 21.6 Å². The Morgan fingerprint density at radius 2 is 1.90 bits per heavy atom. The molecule has 0 radical (unpaired) electrons. The summed E-state index contributed by atoms with van der Waals surface area (Å²) in [6, 6.07) is 2.40. The first-order valence-electron chi connectivity index (χ1n) is 6.79. The zero-order valence-electron chi connectivity index (χ0n) is 12.3. The minimum atomic E-state index is -3.07. The van der Waals surface area contributed by atoms with Gasteiger partial charge in [-0.05, 0) is 25.5 Å². The Bertz CT molecular complexity index is 560. The molecule has 1 saturated heterocycles. The van der Waals surface area contributed by atoms with Gasteiger partial charge in [0.15, 0.2) is 0 Å². The highest BCUT2D eigenvalue weighted by Crippen LogP contribution is 2.30. The number of aryl methyl sites for hydroxylation is 2. The van der Waals surface area contributed by atoms with E-state index < -0.39 is 10.0 Å². The molecule has 0 aromatic carbocycles. The van der Waals surface area contributed by atoms with E-state index >= 15 is 0 Å². The summed E-state index contributed by atoms with van der Waals surface area (Å²) in [5.41, 5.74) is 7.26. The van der Waals surface area contributed by atoms with Crippen LogP contribution in [0.1, 0.15) is 21.4 Å². The second-order valence-electron chi connectivity index (χ2n) is 5.32. The van der Waals surface area contributed by atoms with Gasteiger partial charge in [0.1, 0.15) is 0 Å². The summed E-state index contributed by atoms with van der Waals surface area (Å²) < 4.78 is 24.6. The van der Waals surface area contributed by atoms with Gasteiger partial charge in [-0.15, -0.1) is 11.3 Å².